The lowest BCUT2D eigenvalue weighted by atomic mass is 9.94. The molecule has 2 aromatic rings. The quantitative estimate of drug-likeness (QED) is 0.939. The Morgan fingerprint density at radius 3 is 2.87 bits per heavy atom. The molecule has 23 heavy (non-hydrogen) atoms. The van der Waals surface area contributed by atoms with Crippen molar-refractivity contribution in [1.29, 1.82) is 0 Å². The van der Waals surface area contributed by atoms with Crippen LogP contribution in [0.4, 0.5) is 13.2 Å². The minimum atomic E-state index is -4.39. The molecule has 0 bridgehead atoms. The van der Waals surface area contributed by atoms with Gasteiger partial charge in [0.15, 0.2) is 5.69 Å². The van der Waals surface area contributed by atoms with Crippen LogP contribution in [0.15, 0.2) is 30.5 Å². The molecule has 1 atom stereocenters. The summed E-state index contributed by atoms with van der Waals surface area (Å²) >= 11 is 0. The van der Waals surface area contributed by atoms with Gasteiger partial charge in [-0.05, 0) is 37.6 Å². The molecule has 7 heteroatoms. The fourth-order valence-electron chi connectivity index (χ4n) is 3.02. The van der Waals surface area contributed by atoms with Crippen LogP contribution in [-0.4, -0.2) is 39.7 Å². The second kappa shape index (κ2) is 6.70. The highest BCUT2D eigenvalue weighted by Crippen LogP contribution is 2.31. The van der Waals surface area contributed by atoms with Crippen molar-refractivity contribution in [3.8, 4) is 0 Å². The van der Waals surface area contributed by atoms with E-state index in [0.717, 1.165) is 50.7 Å². The fourth-order valence-corrected chi connectivity index (χ4v) is 3.02. The highest BCUT2D eigenvalue weighted by atomic mass is 19.4. The van der Waals surface area contributed by atoms with Crippen LogP contribution in [0.25, 0.3) is 0 Å². The van der Waals surface area contributed by atoms with Crippen molar-refractivity contribution in [1.82, 2.24) is 20.1 Å². The molecule has 2 aromatic heterocycles. The van der Waals surface area contributed by atoms with E-state index in [4.69, 9.17) is 0 Å². The Hall–Kier alpha value is -1.89. The number of hydrogen-bond donors (Lipinski definition) is 1. The van der Waals surface area contributed by atoms with Gasteiger partial charge in [-0.15, -0.1) is 0 Å². The van der Waals surface area contributed by atoms with Gasteiger partial charge >= 0.3 is 6.18 Å². The van der Waals surface area contributed by atoms with E-state index in [9.17, 15) is 13.2 Å². The van der Waals surface area contributed by atoms with Crippen LogP contribution in [0, 0.1) is 0 Å². The predicted molar refractivity (Wildman–Crippen MR) is 79.9 cm³/mol. The average molecular weight is 324 g/mol. The van der Waals surface area contributed by atoms with Crippen molar-refractivity contribution in [2.45, 2.75) is 31.4 Å². The average Bonchev–Trinajstić information content (AvgIpc) is 3.05. The maximum atomic E-state index is 12.7. The molecule has 0 aliphatic carbocycles. The summed E-state index contributed by atoms with van der Waals surface area (Å²) in [6, 6.07) is 6.99. The van der Waals surface area contributed by atoms with E-state index >= 15 is 0 Å². The molecule has 1 saturated heterocycles. The normalized spacial score (nSPS) is 19.9. The molecule has 0 amide bonds. The monoisotopic (exact) mass is 324 g/mol. The highest BCUT2D eigenvalue weighted by Gasteiger charge is 2.35. The molecule has 3 heterocycles. The second-order valence-electron chi connectivity index (χ2n) is 5.92. The topological polar surface area (TPSA) is 44.8 Å². The maximum Gasteiger partial charge on any atom is 0.435 e. The third-order valence-electron chi connectivity index (χ3n) is 4.24. The molecule has 4 nitrogen and oxygen atoms in total. The molecule has 0 radical (unpaired) electrons. The first kappa shape index (κ1) is 16.0. The SMILES string of the molecule is FC(F)(F)c1cc(C2CCCN(CCc3ccccn3)C2)[nH]n1. The van der Waals surface area contributed by atoms with E-state index in [0.29, 0.717) is 5.69 Å². The minimum Gasteiger partial charge on any atom is -0.302 e. The lowest BCUT2D eigenvalue weighted by Gasteiger charge is -2.32. The molecule has 0 saturated carbocycles. The zero-order valence-electron chi connectivity index (χ0n) is 12.7. The van der Waals surface area contributed by atoms with E-state index in [-0.39, 0.29) is 5.92 Å². The molecule has 3 rings (SSSR count). The lowest BCUT2D eigenvalue weighted by Crippen LogP contribution is -2.36. The number of pyridine rings is 1. The van der Waals surface area contributed by atoms with Crippen molar-refractivity contribution in [3.05, 3.63) is 47.5 Å². The minimum absolute atomic E-state index is 0.0797. The van der Waals surface area contributed by atoms with Gasteiger partial charge in [-0.2, -0.15) is 18.3 Å². The molecule has 0 aromatic carbocycles. The first-order valence-corrected chi connectivity index (χ1v) is 7.77. The largest absolute Gasteiger partial charge is 0.435 e. The van der Waals surface area contributed by atoms with Gasteiger partial charge in [0.1, 0.15) is 0 Å². The van der Waals surface area contributed by atoms with Gasteiger partial charge in [0.25, 0.3) is 0 Å². The van der Waals surface area contributed by atoms with Crippen LogP contribution in [0.2, 0.25) is 0 Å². The first-order valence-electron chi connectivity index (χ1n) is 7.77. The van der Waals surface area contributed by atoms with Crippen LogP contribution in [0.5, 0.6) is 0 Å². The van der Waals surface area contributed by atoms with Gasteiger partial charge in [0, 0.05) is 43.0 Å². The molecular weight excluding hydrogens is 305 g/mol. The van der Waals surface area contributed by atoms with Gasteiger partial charge in [0.05, 0.1) is 0 Å². The van der Waals surface area contributed by atoms with Crippen LogP contribution < -0.4 is 0 Å². The molecule has 1 fully saturated rings. The number of piperidine rings is 1. The Labute approximate surface area is 132 Å². The van der Waals surface area contributed by atoms with Crippen LogP contribution >= 0.6 is 0 Å². The van der Waals surface area contributed by atoms with E-state index in [1.807, 2.05) is 18.2 Å². The van der Waals surface area contributed by atoms with Crippen LogP contribution in [0.1, 0.15) is 35.8 Å². The van der Waals surface area contributed by atoms with E-state index < -0.39 is 11.9 Å². The second-order valence-corrected chi connectivity index (χ2v) is 5.92. The van der Waals surface area contributed by atoms with Crippen molar-refractivity contribution >= 4 is 0 Å². The molecule has 0 spiro atoms. The highest BCUT2D eigenvalue weighted by molar-refractivity contribution is 5.16. The third-order valence-corrected chi connectivity index (χ3v) is 4.24. The molecule has 1 aliphatic heterocycles. The summed E-state index contributed by atoms with van der Waals surface area (Å²) in [6.07, 6.45) is 0.108. The number of halogens is 3. The zero-order valence-corrected chi connectivity index (χ0v) is 12.7. The molecule has 1 N–H and O–H groups in total. The molecule has 1 aliphatic rings. The Kier molecular flexibility index (Phi) is 4.66. The maximum absolute atomic E-state index is 12.7. The number of alkyl halides is 3. The van der Waals surface area contributed by atoms with E-state index in [1.54, 1.807) is 6.20 Å². The summed E-state index contributed by atoms with van der Waals surface area (Å²) in [6.45, 7) is 2.60. The summed E-state index contributed by atoms with van der Waals surface area (Å²) < 4.78 is 38.0. The van der Waals surface area contributed by atoms with Crippen molar-refractivity contribution in [2.24, 2.45) is 0 Å². The summed E-state index contributed by atoms with van der Waals surface area (Å²) in [5.41, 5.74) is 0.786. The van der Waals surface area contributed by atoms with Gasteiger partial charge in [-0.3, -0.25) is 10.1 Å². The van der Waals surface area contributed by atoms with E-state index in [2.05, 4.69) is 20.1 Å². The van der Waals surface area contributed by atoms with Crippen molar-refractivity contribution < 1.29 is 13.2 Å². The molecule has 124 valence electrons. The van der Waals surface area contributed by atoms with Gasteiger partial charge in [0.2, 0.25) is 0 Å². The zero-order chi connectivity index (χ0) is 16.3. The Morgan fingerprint density at radius 2 is 2.17 bits per heavy atom. The van der Waals surface area contributed by atoms with Gasteiger partial charge < -0.3 is 4.90 Å². The Balaban J connectivity index is 1.59. The number of aromatic nitrogens is 3. The fraction of sp³-hybridized carbons (Fsp3) is 0.500. The predicted octanol–water partition coefficient (Wildman–Crippen LogP) is 3.25. The lowest BCUT2D eigenvalue weighted by molar-refractivity contribution is -0.141. The number of nitrogens with one attached hydrogen (secondary N) is 1. The summed E-state index contributed by atoms with van der Waals surface area (Å²) in [5, 5.41) is 5.97. The summed E-state index contributed by atoms with van der Waals surface area (Å²) in [4.78, 5) is 6.59. The Bertz CT molecular complexity index is 624. The third kappa shape index (κ3) is 4.10. The van der Waals surface area contributed by atoms with E-state index in [1.165, 1.54) is 0 Å². The first-order chi connectivity index (χ1) is 11.0. The standard InChI is InChI=1S/C16H19F3N4/c17-16(18,19)15-10-14(21-22-15)12-4-3-8-23(11-12)9-6-13-5-1-2-7-20-13/h1-2,5,7,10,12H,3-4,6,8-9,11H2,(H,21,22). The smallest absolute Gasteiger partial charge is 0.302 e. The van der Waals surface area contributed by atoms with Gasteiger partial charge in [-0.1, -0.05) is 6.07 Å². The number of likely N-dealkylation sites (tertiary alicyclic amines) is 1. The van der Waals surface area contributed by atoms with Crippen LogP contribution in [-0.2, 0) is 12.6 Å². The number of rotatable bonds is 4. The Morgan fingerprint density at radius 1 is 1.30 bits per heavy atom. The number of H-pyrrole nitrogens is 1. The summed E-state index contributed by atoms with van der Waals surface area (Å²) in [5.74, 6) is 0.0797. The van der Waals surface area contributed by atoms with Crippen molar-refractivity contribution in [2.75, 3.05) is 19.6 Å². The number of hydrogen-bond acceptors (Lipinski definition) is 3. The molecular formula is C16H19F3N4. The number of aromatic amines is 1. The molecule has 1 unspecified atom stereocenters. The van der Waals surface area contributed by atoms with Gasteiger partial charge in [-0.25, -0.2) is 0 Å². The van der Waals surface area contributed by atoms with Crippen molar-refractivity contribution in [3.63, 3.8) is 0 Å². The summed E-state index contributed by atoms with van der Waals surface area (Å²) in [7, 11) is 0. The number of nitrogens with zero attached hydrogens (tertiary/aromatic N) is 3. The van der Waals surface area contributed by atoms with Crippen LogP contribution in [0.3, 0.4) is 0 Å².